The van der Waals surface area contributed by atoms with Crippen LogP contribution in [0.5, 0.6) is 0 Å². The van der Waals surface area contributed by atoms with Gasteiger partial charge in [0.05, 0.1) is 0 Å². The summed E-state index contributed by atoms with van der Waals surface area (Å²) in [5.74, 6) is -1.02. The van der Waals surface area contributed by atoms with Crippen molar-refractivity contribution in [1.82, 2.24) is 4.90 Å². The number of alkyl halides is 3. The number of halogens is 3. The van der Waals surface area contributed by atoms with Crippen LogP contribution in [0.4, 0.5) is 18.0 Å². The Balaban J connectivity index is 2.83. The zero-order valence-electron chi connectivity index (χ0n) is 13.0. The van der Waals surface area contributed by atoms with E-state index in [1.165, 1.54) is 11.8 Å². The average Bonchev–Trinajstić information content (AvgIpc) is 2.34. The molecule has 0 radical (unpaired) electrons. The molecule has 0 saturated carbocycles. The summed E-state index contributed by atoms with van der Waals surface area (Å²) in [5.41, 5.74) is -3.46. The standard InChI is InChI=1S/C14H24F3NO3/c1-5-13(20,14(15,16)17)10-7-6-8-18(9-10)11(19)21-12(2,3)4/h10,20H,5-9H2,1-4H3/t10-,13-/m1/s1. The quantitative estimate of drug-likeness (QED) is 0.851. The highest BCUT2D eigenvalue weighted by atomic mass is 19.4. The lowest BCUT2D eigenvalue weighted by atomic mass is 9.79. The Kier molecular flexibility index (Phi) is 5.18. The van der Waals surface area contributed by atoms with Crippen molar-refractivity contribution < 1.29 is 27.8 Å². The van der Waals surface area contributed by atoms with E-state index in [4.69, 9.17) is 4.74 Å². The molecule has 0 aromatic rings. The molecule has 0 unspecified atom stereocenters. The molecule has 4 nitrogen and oxygen atoms in total. The van der Waals surface area contributed by atoms with Crippen molar-refractivity contribution in [1.29, 1.82) is 0 Å². The number of carbonyl (C=O) groups excluding carboxylic acids is 1. The molecule has 0 aliphatic carbocycles. The fraction of sp³-hybridized carbons (Fsp3) is 0.929. The Labute approximate surface area is 123 Å². The third-order valence-electron chi connectivity index (χ3n) is 3.78. The number of piperidine rings is 1. The van der Waals surface area contributed by atoms with Crippen molar-refractivity contribution in [3.05, 3.63) is 0 Å². The van der Waals surface area contributed by atoms with Crippen LogP contribution in [0, 0.1) is 5.92 Å². The zero-order chi connectivity index (χ0) is 16.5. The molecule has 1 N–H and O–H groups in total. The molecule has 21 heavy (non-hydrogen) atoms. The normalized spacial score (nSPS) is 23.6. The predicted octanol–water partition coefficient (Wildman–Crippen LogP) is 3.34. The molecule has 1 rings (SSSR count). The largest absolute Gasteiger partial charge is 0.444 e. The van der Waals surface area contributed by atoms with Crippen molar-refractivity contribution in [2.24, 2.45) is 5.92 Å². The van der Waals surface area contributed by atoms with Crippen LogP contribution in [0.1, 0.15) is 47.0 Å². The minimum Gasteiger partial charge on any atom is -0.444 e. The van der Waals surface area contributed by atoms with E-state index in [0.29, 0.717) is 13.0 Å². The number of likely N-dealkylation sites (tertiary alicyclic amines) is 1. The zero-order valence-corrected chi connectivity index (χ0v) is 13.0. The first-order chi connectivity index (χ1) is 9.40. The van der Waals surface area contributed by atoms with Gasteiger partial charge in [0.1, 0.15) is 5.60 Å². The Morgan fingerprint density at radius 3 is 2.33 bits per heavy atom. The second-order valence-electron chi connectivity index (χ2n) is 6.54. The third-order valence-corrected chi connectivity index (χ3v) is 3.78. The molecule has 1 heterocycles. The van der Waals surface area contributed by atoms with Crippen LogP contribution in [0.25, 0.3) is 0 Å². The van der Waals surface area contributed by atoms with E-state index in [0.717, 1.165) is 0 Å². The Morgan fingerprint density at radius 2 is 1.90 bits per heavy atom. The van der Waals surface area contributed by atoms with E-state index < -0.39 is 35.8 Å². The van der Waals surface area contributed by atoms with Crippen LogP contribution in [-0.4, -0.2) is 46.6 Å². The summed E-state index contributed by atoms with van der Waals surface area (Å²) in [6.45, 7) is 6.61. The number of hydrogen-bond acceptors (Lipinski definition) is 3. The molecule has 0 aromatic heterocycles. The molecular weight excluding hydrogens is 287 g/mol. The van der Waals surface area contributed by atoms with Crippen molar-refractivity contribution >= 4 is 6.09 Å². The number of rotatable bonds is 2. The van der Waals surface area contributed by atoms with Gasteiger partial charge in [-0.15, -0.1) is 0 Å². The lowest BCUT2D eigenvalue weighted by molar-refractivity contribution is -0.284. The number of carbonyl (C=O) groups is 1. The van der Waals surface area contributed by atoms with Gasteiger partial charge in [-0.1, -0.05) is 6.92 Å². The van der Waals surface area contributed by atoms with Gasteiger partial charge in [-0.2, -0.15) is 13.2 Å². The SMILES string of the molecule is CC[C@@](O)([C@@H]1CCCN(C(=O)OC(C)(C)C)C1)C(F)(F)F. The lowest BCUT2D eigenvalue weighted by Crippen LogP contribution is -2.57. The Hall–Kier alpha value is -0.980. The van der Waals surface area contributed by atoms with E-state index in [-0.39, 0.29) is 13.0 Å². The van der Waals surface area contributed by atoms with Crippen molar-refractivity contribution in [3.63, 3.8) is 0 Å². The van der Waals surface area contributed by atoms with Gasteiger partial charge in [-0.05, 0) is 40.0 Å². The summed E-state index contributed by atoms with van der Waals surface area (Å²) in [5, 5.41) is 10.0. The molecule has 0 aromatic carbocycles. The Morgan fingerprint density at radius 1 is 1.33 bits per heavy atom. The molecule has 0 bridgehead atoms. The minimum atomic E-state index is -4.71. The highest BCUT2D eigenvalue weighted by Crippen LogP contribution is 2.42. The maximum absolute atomic E-state index is 13.1. The summed E-state index contributed by atoms with van der Waals surface area (Å²) >= 11 is 0. The number of amides is 1. The molecule has 0 spiro atoms. The molecule has 2 atom stereocenters. The molecular formula is C14H24F3NO3. The average molecular weight is 311 g/mol. The Bertz CT molecular complexity index is 379. The van der Waals surface area contributed by atoms with Gasteiger partial charge in [-0.3, -0.25) is 0 Å². The van der Waals surface area contributed by atoms with Gasteiger partial charge in [0.2, 0.25) is 0 Å². The van der Waals surface area contributed by atoms with Gasteiger partial charge in [0, 0.05) is 19.0 Å². The van der Waals surface area contributed by atoms with Crippen LogP contribution in [-0.2, 0) is 4.74 Å². The van der Waals surface area contributed by atoms with E-state index >= 15 is 0 Å². The number of nitrogens with zero attached hydrogens (tertiary/aromatic N) is 1. The molecule has 7 heteroatoms. The van der Waals surface area contributed by atoms with Gasteiger partial charge < -0.3 is 14.7 Å². The maximum Gasteiger partial charge on any atom is 0.417 e. The first kappa shape index (κ1) is 18.1. The second-order valence-corrected chi connectivity index (χ2v) is 6.54. The summed E-state index contributed by atoms with van der Waals surface area (Å²) in [7, 11) is 0. The van der Waals surface area contributed by atoms with E-state index in [1.54, 1.807) is 20.8 Å². The fourth-order valence-electron chi connectivity index (χ4n) is 2.58. The molecule has 1 aliphatic rings. The van der Waals surface area contributed by atoms with Crippen LogP contribution >= 0.6 is 0 Å². The number of aliphatic hydroxyl groups is 1. The van der Waals surface area contributed by atoms with Crippen molar-refractivity contribution in [2.45, 2.75) is 64.3 Å². The minimum absolute atomic E-state index is 0.140. The van der Waals surface area contributed by atoms with Crippen LogP contribution in [0.2, 0.25) is 0 Å². The topological polar surface area (TPSA) is 49.8 Å². The highest BCUT2D eigenvalue weighted by molar-refractivity contribution is 5.68. The van der Waals surface area contributed by atoms with Crippen molar-refractivity contribution in [3.8, 4) is 0 Å². The monoisotopic (exact) mass is 311 g/mol. The highest BCUT2D eigenvalue weighted by Gasteiger charge is 2.57. The summed E-state index contributed by atoms with van der Waals surface area (Å²) in [6, 6.07) is 0. The summed E-state index contributed by atoms with van der Waals surface area (Å²) in [6.07, 6.45) is -5.11. The molecule has 1 saturated heterocycles. The van der Waals surface area contributed by atoms with E-state index in [2.05, 4.69) is 0 Å². The maximum atomic E-state index is 13.1. The first-order valence-electron chi connectivity index (χ1n) is 7.17. The fourth-order valence-corrected chi connectivity index (χ4v) is 2.58. The van der Waals surface area contributed by atoms with Crippen LogP contribution in [0.15, 0.2) is 0 Å². The summed E-state index contributed by atoms with van der Waals surface area (Å²) in [4.78, 5) is 13.2. The van der Waals surface area contributed by atoms with Gasteiger partial charge in [0.15, 0.2) is 5.60 Å². The van der Waals surface area contributed by atoms with E-state index in [1.807, 2.05) is 0 Å². The van der Waals surface area contributed by atoms with Crippen molar-refractivity contribution in [2.75, 3.05) is 13.1 Å². The number of ether oxygens (including phenoxy) is 1. The molecule has 1 fully saturated rings. The van der Waals surface area contributed by atoms with Crippen LogP contribution < -0.4 is 0 Å². The third kappa shape index (κ3) is 4.25. The second kappa shape index (κ2) is 6.02. The van der Waals surface area contributed by atoms with E-state index in [9.17, 15) is 23.1 Å². The number of hydrogen-bond donors (Lipinski definition) is 1. The summed E-state index contributed by atoms with van der Waals surface area (Å²) < 4.78 is 44.5. The van der Waals surface area contributed by atoms with Gasteiger partial charge in [0.25, 0.3) is 0 Å². The lowest BCUT2D eigenvalue weighted by Gasteiger charge is -2.42. The first-order valence-corrected chi connectivity index (χ1v) is 7.17. The van der Waals surface area contributed by atoms with Gasteiger partial charge >= 0.3 is 12.3 Å². The predicted molar refractivity (Wildman–Crippen MR) is 71.8 cm³/mol. The molecule has 1 amide bonds. The molecule has 124 valence electrons. The smallest absolute Gasteiger partial charge is 0.417 e. The van der Waals surface area contributed by atoms with Crippen LogP contribution in [0.3, 0.4) is 0 Å². The molecule has 1 aliphatic heterocycles. The van der Waals surface area contributed by atoms with Gasteiger partial charge in [-0.25, -0.2) is 4.79 Å².